The van der Waals surface area contributed by atoms with Gasteiger partial charge < -0.3 is 9.45 Å². The van der Waals surface area contributed by atoms with Gasteiger partial charge in [-0.25, -0.2) is 28.7 Å². The Hall–Kier alpha value is -2.33. The molecular weight excluding hydrogens is 410 g/mol. The molecule has 0 spiro atoms. The van der Waals surface area contributed by atoms with Crippen molar-refractivity contribution >= 4 is 22.6 Å². The molecule has 4 unspecified atom stereocenters. The number of anilines is 1. The number of aromatic nitrogens is 5. The molecule has 0 amide bonds. The fourth-order valence-corrected chi connectivity index (χ4v) is 5.19. The summed E-state index contributed by atoms with van der Waals surface area (Å²) in [5.41, 5.74) is 0.653. The van der Waals surface area contributed by atoms with Crippen LogP contribution >= 0.6 is 0 Å². The first-order chi connectivity index (χ1) is 14.3. The summed E-state index contributed by atoms with van der Waals surface area (Å²) < 4.78 is 39.5. The van der Waals surface area contributed by atoms with Gasteiger partial charge in [0.2, 0.25) is 0 Å². The molecule has 0 aromatic carbocycles. The smallest absolute Gasteiger partial charge is 0.281 e. The topological polar surface area (TPSA) is 82.3 Å². The summed E-state index contributed by atoms with van der Waals surface area (Å²) in [6.07, 6.45) is 5.93. The molecule has 0 saturated carbocycles. The Morgan fingerprint density at radius 1 is 1.23 bits per heavy atom. The highest BCUT2D eigenvalue weighted by atomic mass is 32.2. The number of rotatable bonds is 5. The van der Waals surface area contributed by atoms with Crippen LogP contribution < -0.4 is 4.90 Å². The molecule has 1 fully saturated rings. The molecule has 10 heteroatoms. The van der Waals surface area contributed by atoms with Crippen LogP contribution in [-0.2, 0) is 11.2 Å². The van der Waals surface area contributed by atoms with Gasteiger partial charge in [-0.1, -0.05) is 18.1 Å². The third kappa shape index (κ3) is 4.11. The Bertz CT molecular complexity index is 1030. The minimum absolute atomic E-state index is 0.185. The van der Waals surface area contributed by atoms with Crippen LogP contribution in [0.2, 0.25) is 0 Å². The molecule has 1 aliphatic heterocycles. The quantitative estimate of drug-likeness (QED) is 0.573. The average molecular weight is 435 g/mol. The zero-order valence-corrected chi connectivity index (χ0v) is 17.9. The van der Waals surface area contributed by atoms with Gasteiger partial charge in [0, 0.05) is 30.9 Å². The lowest BCUT2D eigenvalue weighted by atomic mass is 9.86. The van der Waals surface area contributed by atoms with Gasteiger partial charge >= 0.3 is 0 Å². The third-order valence-electron chi connectivity index (χ3n) is 5.64. The molecule has 4 rings (SSSR count). The minimum Gasteiger partial charge on any atom is -0.617 e. The van der Waals surface area contributed by atoms with E-state index in [0.29, 0.717) is 34.8 Å². The van der Waals surface area contributed by atoms with E-state index in [1.165, 1.54) is 12.4 Å². The summed E-state index contributed by atoms with van der Waals surface area (Å²) >= 11 is -0.859. The van der Waals surface area contributed by atoms with Gasteiger partial charge in [0.25, 0.3) is 6.43 Å². The summed E-state index contributed by atoms with van der Waals surface area (Å²) in [7, 11) is 0. The summed E-state index contributed by atoms with van der Waals surface area (Å²) in [5, 5.41) is 0. The van der Waals surface area contributed by atoms with Gasteiger partial charge in [0.05, 0.1) is 18.6 Å². The van der Waals surface area contributed by atoms with Crippen LogP contribution in [0, 0.1) is 11.8 Å². The van der Waals surface area contributed by atoms with E-state index in [2.05, 4.69) is 33.7 Å². The van der Waals surface area contributed by atoms with Crippen molar-refractivity contribution in [2.45, 2.75) is 32.7 Å². The molecule has 0 bridgehead atoms. The van der Waals surface area contributed by atoms with Crippen LogP contribution in [-0.4, -0.2) is 53.5 Å². The first-order valence-electron chi connectivity index (χ1n) is 9.84. The van der Waals surface area contributed by atoms with Crippen LogP contribution in [0.1, 0.15) is 32.4 Å². The SMILES string of the molecule is CC1CC(C[S+](C)[O-])C(C)N(c2ccnc(-c3cnc4cnc(C(F)F)cn34)n2)C1. The second-order valence-electron chi connectivity index (χ2n) is 7.96. The third-order valence-corrected chi connectivity index (χ3v) is 6.54. The minimum atomic E-state index is -2.67. The van der Waals surface area contributed by atoms with Gasteiger partial charge in [0.15, 0.2) is 11.5 Å². The number of nitrogens with zero attached hydrogens (tertiary/aromatic N) is 6. The van der Waals surface area contributed by atoms with Crippen molar-refractivity contribution in [1.29, 1.82) is 0 Å². The van der Waals surface area contributed by atoms with E-state index in [-0.39, 0.29) is 11.7 Å². The van der Waals surface area contributed by atoms with E-state index in [0.717, 1.165) is 18.8 Å². The van der Waals surface area contributed by atoms with Crippen LogP contribution in [0.25, 0.3) is 17.2 Å². The Morgan fingerprint density at radius 2 is 2.03 bits per heavy atom. The van der Waals surface area contributed by atoms with E-state index < -0.39 is 17.6 Å². The molecule has 1 saturated heterocycles. The number of halogens is 2. The van der Waals surface area contributed by atoms with Crippen molar-refractivity contribution in [3.05, 3.63) is 36.5 Å². The number of hydrogen-bond acceptors (Lipinski definition) is 6. The number of fused-ring (bicyclic) bond motifs is 1. The summed E-state index contributed by atoms with van der Waals surface area (Å²) in [6.45, 7) is 5.17. The van der Waals surface area contributed by atoms with Gasteiger partial charge in [-0.05, 0) is 25.3 Å². The normalized spacial score (nSPS) is 23.3. The number of piperidine rings is 1. The highest BCUT2D eigenvalue weighted by molar-refractivity contribution is 7.90. The van der Waals surface area contributed by atoms with E-state index in [1.807, 2.05) is 6.07 Å². The standard InChI is InChI=1S/C20H24F2N6OS/c1-12-6-14(11-30(3)29)13(2)27(9-12)17-4-5-23-20(26-17)16-7-25-18-8-24-15(19(21)22)10-28(16)18/h4-5,7-8,10,12-14,19H,6,9,11H2,1-3H3. The first kappa shape index (κ1) is 20.9. The highest BCUT2D eigenvalue weighted by Crippen LogP contribution is 2.32. The fourth-order valence-electron chi connectivity index (χ4n) is 4.17. The number of imidazole rings is 1. The van der Waals surface area contributed by atoms with Crippen LogP contribution in [0.3, 0.4) is 0 Å². The largest absolute Gasteiger partial charge is 0.617 e. The molecule has 4 atom stereocenters. The van der Waals surface area contributed by atoms with Crippen molar-refractivity contribution in [2.24, 2.45) is 11.8 Å². The molecule has 3 aromatic rings. The summed E-state index contributed by atoms with van der Waals surface area (Å²) in [6, 6.07) is 2.04. The zero-order chi connectivity index (χ0) is 21.4. The monoisotopic (exact) mass is 434 g/mol. The molecule has 3 aromatic heterocycles. The molecule has 4 heterocycles. The Kier molecular flexibility index (Phi) is 5.88. The maximum Gasteiger partial charge on any atom is 0.281 e. The Morgan fingerprint density at radius 3 is 2.77 bits per heavy atom. The Balaban J connectivity index is 1.69. The van der Waals surface area contributed by atoms with Crippen LogP contribution in [0.4, 0.5) is 14.6 Å². The molecule has 30 heavy (non-hydrogen) atoms. The summed E-state index contributed by atoms with van der Waals surface area (Å²) in [5.74, 6) is 2.60. The lowest BCUT2D eigenvalue weighted by Gasteiger charge is -2.42. The molecule has 0 aliphatic carbocycles. The second-order valence-corrected chi connectivity index (χ2v) is 9.44. The van der Waals surface area contributed by atoms with Gasteiger partial charge in [-0.15, -0.1) is 0 Å². The zero-order valence-electron chi connectivity index (χ0n) is 17.1. The first-order valence-corrected chi connectivity index (χ1v) is 11.6. The van der Waals surface area contributed by atoms with Crippen molar-refractivity contribution < 1.29 is 13.3 Å². The fraction of sp³-hybridized carbons (Fsp3) is 0.500. The van der Waals surface area contributed by atoms with Gasteiger partial charge in [-0.2, -0.15) is 0 Å². The molecule has 1 aliphatic rings. The van der Waals surface area contributed by atoms with Crippen molar-refractivity contribution in [1.82, 2.24) is 24.3 Å². The van der Waals surface area contributed by atoms with E-state index in [4.69, 9.17) is 4.98 Å². The average Bonchev–Trinajstić information content (AvgIpc) is 3.13. The lowest BCUT2D eigenvalue weighted by molar-refractivity contribution is 0.145. The summed E-state index contributed by atoms with van der Waals surface area (Å²) in [4.78, 5) is 19.3. The maximum absolute atomic E-state index is 13.1. The van der Waals surface area contributed by atoms with E-state index >= 15 is 0 Å². The van der Waals surface area contributed by atoms with Crippen molar-refractivity contribution in [3.8, 4) is 11.5 Å². The molecule has 0 N–H and O–H groups in total. The van der Waals surface area contributed by atoms with E-state index in [9.17, 15) is 13.3 Å². The van der Waals surface area contributed by atoms with Crippen molar-refractivity contribution in [3.63, 3.8) is 0 Å². The maximum atomic E-state index is 13.1. The predicted octanol–water partition coefficient (Wildman–Crippen LogP) is 3.35. The van der Waals surface area contributed by atoms with Crippen molar-refractivity contribution in [2.75, 3.05) is 23.5 Å². The molecule has 0 radical (unpaired) electrons. The number of hydrogen-bond donors (Lipinski definition) is 0. The molecular formula is C20H24F2N6OS. The van der Waals surface area contributed by atoms with Gasteiger partial charge in [0.1, 0.15) is 23.0 Å². The highest BCUT2D eigenvalue weighted by Gasteiger charge is 2.34. The van der Waals surface area contributed by atoms with Crippen LogP contribution in [0.5, 0.6) is 0 Å². The number of alkyl halides is 2. The lowest BCUT2D eigenvalue weighted by Crippen LogP contribution is -2.49. The molecule has 7 nitrogen and oxygen atoms in total. The second kappa shape index (κ2) is 8.43. The van der Waals surface area contributed by atoms with Crippen LogP contribution in [0.15, 0.2) is 30.9 Å². The van der Waals surface area contributed by atoms with E-state index in [1.54, 1.807) is 23.1 Å². The Labute approximate surface area is 176 Å². The van der Waals surface area contributed by atoms with Gasteiger partial charge in [-0.3, -0.25) is 4.40 Å². The molecule has 160 valence electrons. The predicted molar refractivity (Wildman–Crippen MR) is 112 cm³/mol.